The smallest absolute Gasteiger partial charge is 0.216 e. The van der Waals surface area contributed by atoms with Crippen LogP contribution in [0.25, 0.3) is 0 Å². The third-order valence-corrected chi connectivity index (χ3v) is 4.52. The van der Waals surface area contributed by atoms with E-state index in [2.05, 4.69) is 10.0 Å². The van der Waals surface area contributed by atoms with Crippen molar-refractivity contribution in [3.63, 3.8) is 0 Å². The molecular weight excluding hydrogens is 264 g/mol. The Hall–Kier alpha value is 0.120. The lowest BCUT2D eigenvalue weighted by Gasteiger charge is -2.23. The van der Waals surface area contributed by atoms with Crippen molar-refractivity contribution in [3.8, 4) is 0 Å². The topological polar surface area (TPSA) is 67.4 Å². The van der Waals surface area contributed by atoms with Gasteiger partial charge >= 0.3 is 0 Å². The highest BCUT2D eigenvalue weighted by Gasteiger charge is 2.27. The molecule has 1 rings (SSSR count). The highest BCUT2D eigenvalue weighted by molar-refractivity contribution is 7.90. The Bertz CT molecular complexity index is 292. The van der Waals surface area contributed by atoms with Gasteiger partial charge < -0.3 is 10.1 Å². The highest BCUT2D eigenvalue weighted by atomic mass is 35.5. The summed E-state index contributed by atoms with van der Waals surface area (Å²) in [4.78, 5) is 0. The van der Waals surface area contributed by atoms with Crippen LogP contribution in [-0.2, 0) is 14.8 Å². The number of likely N-dealkylation sites (N-methyl/N-ethyl adjacent to an activating group) is 1. The summed E-state index contributed by atoms with van der Waals surface area (Å²) in [5.74, 6) is 0. The summed E-state index contributed by atoms with van der Waals surface area (Å²) in [6.07, 6.45) is 1.53. The Morgan fingerprint density at radius 3 is 2.71 bits per heavy atom. The summed E-state index contributed by atoms with van der Waals surface area (Å²) < 4.78 is 31.6. The molecule has 0 aromatic heterocycles. The molecule has 7 heteroatoms. The minimum atomic E-state index is -3.21. The third kappa shape index (κ3) is 6.01. The second kappa shape index (κ2) is 8.26. The summed E-state index contributed by atoms with van der Waals surface area (Å²) in [6.45, 7) is 6.25. The first-order valence-corrected chi connectivity index (χ1v) is 7.40. The van der Waals surface area contributed by atoms with Crippen LogP contribution in [0.3, 0.4) is 0 Å². The Balaban J connectivity index is 0.00000256. The van der Waals surface area contributed by atoms with Crippen LogP contribution in [-0.4, -0.2) is 46.0 Å². The molecule has 0 aliphatic carbocycles. The predicted octanol–water partition coefficient (Wildman–Crippen LogP) is 0.505. The van der Waals surface area contributed by atoms with Gasteiger partial charge in [0.1, 0.15) is 0 Å². The van der Waals surface area contributed by atoms with E-state index in [1.165, 1.54) is 0 Å². The quantitative estimate of drug-likeness (QED) is 0.746. The van der Waals surface area contributed by atoms with Gasteiger partial charge in [0.2, 0.25) is 10.0 Å². The first-order chi connectivity index (χ1) is 7.56. The molecule has 104 valence electrons. The van der Waals surface area contributed by atoms with Crippen LogP contribution >= 0.6 is 12.4 Å². The van der Waals surface area contributed by atoms with E-state index in [0.717, 1.165) is 13.0 Å². The van der Waals surface area contributed by atoms with Gasteiger partial charge in [-0.25, -0.2) is 13.1 Å². The lowest BCUT2D eigenvalue weighted by molar-refractivity contribution is 0.0988. The van der Waals surface area contributed by atoms with Gasteiger partial charge in [-0.3, -0.25) is 0 Å². The van der Waals surface area contributed by atoms with Crippen molar-refractivity contribution < 1.29 is 13.2 Å². The molecule has 0 spiro atoms. The van der Waals surface area contributed by atoms with Crippen molar-refractivity contribution in [1.82, 2.24) is 10.0 Å². The fourth-order valence-electron chi connectivity index (χ4n) is 1.74. The first-order valence-electron chi connectivity index (χ1n) is 5.86. The van der Waals surface area contributed by atoms with Gasteiger partial charge in [0.05, 0.1) is 11.9 Å². The Morgan fingerprint density at radius 2 is 2.18 bits per heavy atom. The van der Waals surface area contributed by atoms with Crippen LogP contribution in [0.4, 0.5) is 0 Å². The Kier molecular flexibility index (Phi) is 8.32. The van der Waals surface area contributed by atoms with Gasteiger partial charge in [0, 0.05) is 19.2 Å². The number of sulfonamides is 1. The number of halogens is 1. The van der Waals surface area contributed by atoms with Crippen molar-refractivity contribution in [2.75, 3.05) is 26.3 Å². The minimum Gasteiger partial charge on any atom is -0.380 e. The fraction of sp³-hybridized carbons (Fsp3) is 1.00. The van der Waals surface area contributed by atoms with E-state index >= 15 is 0 Å². The number of nitrogens with one attached hydrogen (secondary N) is 2. The molecule has 2 N–H and O–H groups in total. The zero-order valence-electron chi connectivity index (χ0n) is 10.4. The van der Waals surface area contributed by atoms with Crippen molar-refractivity contribution in [1.29, 1.82) is 0 Å². The molecule has 1 unspecified atom stereocenters. The van der Waals surface area contributed by atoms with Gasteiger partial charge in [-0.15, -0.1) is 12.4 Å². The molecule has 1 saturated heterocycles. The van der Waals surface area contributed by atoms with Gasteiger partial charge in [-0.2, -0.15) is 0 Å². The SMILES string of the molecule is CCN[C@H](C)CNS(=O)(=O)C1CCCOC1.Cl. The van der Waals surface area contributed by atoms with Crippen LogP contribution in [0.15, 0.2) is 0 Å². The normalized spacial score (nSPS) is 22.8. The Morgan fingerprint density at radius 1 is 1.47 bits per heavy atom. The maximum atomic E-state index is 11.9. The molecular formula is C10H23ClN2O3S. The maximum Gasteiger partial charge on any atom is 0.216 e. The summed E-state index contributed by atoms with van der Waals surface area (Å²) in [6, 6.07) is 0.157. The molecule has 0 aromatic carbocycles. The molecule has 5 nitrogen and oxygen atoms in total. The summed E-state index contributed by atoms with van der Waals surface area (Å²) in [7, 11) is -3.21. The second-order valence-electron chi connectivity index (χ2n) is 4.19. The average molecular weight is 287 g/mol. The van der Waals surface area contributed by atoms with Crippen molar-refractivity contribution in [2.45, 2.75) is 38.0 Å². The number of hydrogen-bond acceptors (Lipinski definition) is 4. The van der Waals surface area contributed by atoms with Crippen LogP contribution in [0, 0.1) is 0 Å². The lowest BCUT2D eigenvalue weighted by atomic mass is 10.2. The van der Waals surface area contributed by atoms with E-state index in [1.807, 2.05) is 13.8 Å². The van der Waals surface area contributed by atoms with Crippen molar-refractivity contribution >= 4 is 22.4 Å². The zero-order valence-corrected chi connectivity index (χ0v) is 12.1. The monoisotopic (exact) mass is 286 g/mol. The van der Waals surface area contributed by atoms with E-state index < -0.39 is 10.0 Å². The van der Waals surface area contributed by atoms with Crippen molar-refractivity contribution in [3.05, 3.63) is 0 Å². The summed E-state index contributed by atoms with van der Waals surface area (Å²) >= 11 is 0. The van der Waals surface area contributed by atoms with E-state index in [0.29, 0.717) is 26.2 Å². The zero-order chi connectivity index (χ0) is 12.0. The molecule has 0 aromatic rings. The van der Waals surface area contributed by atoms with E-state index in [1.54, 1.807) is 0 Å². The van der Waals surface area contributed by atoms with Gasteiger partial charge in [-0.1, -0.05) is 6.92 Å². The number of rotatable bonds is 6. The molecule has 17 heavy (non-hydrogen) atoms. The molecule has 0 amide bonds. The molecule has 2 atom stereocenters. The molecule has 0 saturated carbocycles. The number of hydrogen-bond donors (Lipinski definition) is 2. The Labute approximate surface area is 110 Å². The standard InChI is InChI=1S/C10H22N2O3S.ClH/c1-3-11-9(2)7-12-16(13,14)10-5-4-6-15-8-10;/h9-12H,3-8H2,1-2H3;1H/t9-,10?;/m1./s1. The van der Waals surface area contributed by atoms with Crippen LogP contribution in [0.2, 0.25) is 0 Å². The van der Waals surface area contributed by atoms with E-state index in [4.69, 9.17) is 4.74 Å². The van der Waals surface area contributed by atoms with E-state index in [9.17, 15) is 8.42 Å². The lowest BCUT2D eigenvalue weighted by Crippen LogP contribution is -2.44. The second-order valence-corrected chi connectivity index (χ2v) is 6.24. The molecule has 1 heterocycles. The average Bonchev–Trinajstić information content (AvgIpc) is 2.28. The summed E-state index contributed by atoms with van der Waals surface area (Å²) in [5, 5.41) is 2.78. The summed E-state index contributed by atoms with van der Waals surface area (Å²) in [5.41, 5.74) is 0. The predicted molar refractivity (Wildman–Crippen MR) is 71.2 cm³/mol. The molecule has 1 aliphatic rings. The molecule has 0 radical (unpaired) electrons. The molecule has 0 bridgehead atoms. The van der Waals surface area contributed by atoms with Crippen molar-refractivity contribution in [2.24, 2.45) is 0 Å². The first kappa shape index (κ1) is 17.1. The van der Waals surface area contributed by atoms with Crippen LogP contribution in [0.1, 0.15) is 26.7 Å². The largest absolute Gasteiger partial charge is 0.380 e. The van der Waals surface area contributed by atoms with Gasteiger partial charge in [0.25, 0.3) is 0 Å². The van der Waals surface area contributed by atoms with Crippen LogP contribution < -0.4 is 10.0 Å². The maximum absolute atomic E-state index is 11.9. The van der Waals surface area contributed by atoms with E-state index in [-0.39, 0.29) is 23.7 Å². The molecule has 1 aliphatic heterocycles. The number of ether oxygens (including phenoxy) is 1. The van der Waals surface area contributed by atoms with Gasteiger partial charge in [-0.05, 0) is 26.3 Å². The molecule has 1 fully saturated rings. The van der Waals surface area contributed by atoms with Crippen LogP contribution in [0.5, 0.6) is 0 Å². The fourth-order valence-corrected chi connectivity index (χ4v) is 3.21. The highest BCUT2D eigenvalue weighted by Crippen LogP contribution is 2.13. The van der Waals surface area contributed by atoms with Gasteiger partial charge in [0.15, 0.2) is 0 Å². The third-order valence-electron chi connectivity index (χ3n) is 2.70. The minimum absolute atomic E-state index is 0.